The van der Waals surface area contributed by atoms with Gasteiger partial charge < -0.3 is 10.1 Å². The van der Waals surface area contributed by atoms with E-state index >= 15 is 0 Å². The molecule has 0 aliphatic rings. The molecule has 0 aromatic heterocycles. The smallest absolute Gasteiger partial charge is 0.136 e. The van der Waals surface area contributed by atoms with Gasteiger partial charge in [0, 0.05) is 0 Å². The van der Waals surface area contributed by atoms with Crippen molar-refractivity contribution >= 4 is 6.29 Å². The van der Waals surface area contributed by atoms with Crippen LogP contribution >= 0.6 is 0 Å². The standard InChI is InChI=1S/C8H17NO/c1-3-5-6-8(7-10)9-4-2/h7-9H,3-6H2,1-2H3/t8-/m0/s1. The summed E-state index contributed by atoms with van der Waals surface area (Å²) < 4.78 is 0. The minimum Gasteiger partial charge on any atom is -0.308 e. The van der Waals surface area contributed by atoms with Crippen LogP contribution in [0.15, 0.2) is 0 Å². The molecule has 2 nitrogen and oxygen atoms in total. The highest BCUT2D eigenvalue weighted by Gasteiger charge is 2.02. The van der Waals surface area contributed by atoms with E-state index in [1.54, 1.807) is 0 Å². The van der Waals surface area contributed by atoms with Gasteiger partial charge in [0.05, 0.1) is 6.04 Å². The van der Waals surface area contributed by atoms with Gasteiger partial charge in [0.1, 0.15) is 6.29 Å². The van der Waals surface area contributed by atoms with E-state index in [9.17, 15) is 4.79 Å². The molecule has 0 saturated heterocycles. The lowest BCUT2D eigenvalue weighted by Gasteiger charge is -2.08. The maximum Gasteiger partial charge on any atom is 0.136 e. The zero-order chi connectivity index (χ0) is 7.82. The largest absolute Gasteiger partial charge is 0.308 e. The quantitative estimate of drug-likeness (QED) is 0.569. The number of rotatable bonds is 6. The number of nitrogens with one attached hydrogen (secondary N) is 1. The number of hydrogen-bond acceptors (Lipinski definition) is 2. The molecule has 1 N–H and O–H groups in total. The maximum absolute atomic E-state index is 10.3. The Kier molecular flexibility index (Phi) is 6.50. The second-order valence-corrected chi connectivity index (χ2v) is 2.44. The van der Waals surface area contributed by atoms with Gasteiger partial charge in [-0.25, -0.2) is 0 Å². The first kappa shape index (κ1) is 9.63. The van der Waals surface area contributed by atoms with Gasteiger partial charge in [0.15, 0.2) is 0 Å². The van der Waals surface area contributed by atoms with Crippen LogP contribution in [-0.4, -0.2) is 18.9 Å². The number of likely N-dealkylation sites (N-methyl/N-ethyl adjacent to an activating group) is 1. The van der Waals surface area contributed by atoms with Crippen molar-refractivity contribution < 1.29 is 4.79 Å². The summed E-state index contributed by atoms with van der Waals surface area (Å²) in [4.78, 5) is 10.3. The van der Waals surface area contributed by atoms with Crippen LogP contribution < -0.4 is 5.32 Å². The molecule has 0 amide bonds. The molecule has 0 bridgehead atoms. The first-order chi connectivity index (χ1) is 4.85. The van der Waals surface area contributed by atoms with E-state index in [-0.39, 0.29) is 6.04 Å². The average Bonchev–Trinajstić information content (AvgIpc) is 1.98. The van der Waals surface area contributed by atoms with E-state index in [2.05, 4.69) is 12.2 Å². The Labute approximate surface area is 63.0 Å². The predicted octanol–water partition coefficient (Wildman–Crippen LogP) is 1.35. The van der Waals surface area contributed by atoms with Crippen molar-refractivity contribution in [3.8, 4) is 0 Å². The summed E-state index contributed by atoms with van der Waals surface area (Å²) in [5, 5.41) is 3.10. The van der Waals surface area contributed by atoms with Crippen molar-refractivity contribution in [2.75, 3.05) is 6.54 Å². The lowest BCUT2D eigenvalue weighted by molar-refractivity contribution is -0.109. The maximum atomic E-state index is 10.3. The van der Waals surface area contributed by atoms with E-state index in [4.69, 9.17) is 0 Å². The highest BCUT2D eigenvalue weighted by molar-refractivity contribution is 5.57. The lowest BCUT2D eigenvalue weighted by atomic mass is 10.1. The summed E-state index contributed by atoms with van der Waals surface area (Å²) in [6, 6.07) is 0.0879. The van der Waals surface area contributed by atoms with Gasteiger partial charge in [0.2, 0.25) is 0 Å². The molecule has 0 aliphatic carbocycles. The molecule has 2 heteroatoms. The summed E-state index contributed by atoms with van der Waals surface area (Å²) in [7, 11) is 0. The van der Waals surface area contributed by atoms with Crippen LogP contribution in [0.2, 0.25) is 0 Å². The number of aldehydes is 1. The highest BCUT2D eigenvalue weighted by Crippen LogP contribution is 1.97. The van der Waals surface area contributed by atoms with Gasteiger partial charge in [-0.1, -0.05) is 26.7 Å². The second-order valence-electron chi connectivity index (χ2n) is 2.44. The molecule has 10 heavy (non-hydrogen) atoms. The number of carbonyl (C=O) groups excluding carboxylic acids is 1. The van der Waals surface area contributed by atoms with Crippen molar-refractivity contribution in [3.63, 3.8) is 0 Å². The topological polar surface area (TPSA) is 29.1 Å². The number of unbranched alkanes of at least 4 members (excludes halogenated alkanes) is 1. The molecular weight excluding hydrogens is 126 g/mol. The molecule has 0 unspecified atom stereocenters. The van der Waals surface area contributed by atoms with Crippen LogP contribution in [0.1, 0.15) is 33.1 Å². The van der Waals surface area contributed by atoms with Crippen molar-refractivity contribution in [1.82, 2.24) is 5.32 Å². The minimum atomic E-state index is 0.0879. The molecule has 60 valence electrons. The van der Waals surface area contributed by atoms with E-state index in [1.807, 2.05) is 6.92 Å². The fourth-order valence-corrected chi connectivity index (χ4v) is 0.904. The normalized spacial score (nSPS) is 13.0. The van der Waals surface area contributed by atoms with Crippen LogP contribution in [0.5, 0.6) is 0 Å². The van der Waals surface area contributed by atoms with E-state index in [0.29, 0.717) is 0 Å². The van der Waals surface area contributed by atoms with Crippen molar-refractivity contribution in [3.05, 3.63) is 0 Å². The second kappa shape index (κ2) is 6.75. The summed E-state index contributed by atoms with van der Waals surface area (Å²) >= 11 is 0. The monoisotopic (exact) mass is 143 g/mol. The predicted molar refractivity (Wildman–Crippen MR) is 43.1 cm³/mol. The third-order valence-corrected chi connectivity index (χ3v) is 1.50. The summed E-state index contributed by atoms with van der Waals surface area (Å²) in [5.41, 5.74) is 0. The molecule has 0 aromatic carbocycles. The van der Waals surface area contributed by atoms with Crippen molar-refractivity contribution in [2.24, 2.45) is 0 Å². The molecular formula is C8H17NO. The molecule has 0 fully saturated rings. The Hall–Kier alpha value is -0.370. The molecule has 0 aliphatic heterocycles. The SMILES string of the molecule is CCCC[C@@H](C=O)NCC. The minimum absolute atomic E-state index is 0.0879. The van der Waals surface area contributed by atoms with Crippen molar-refractivity contribution in [1.29, 1.82) is 0 Å². The van der Waals surface area contributed by atoms with Crippen LogP contribution in [0, 0.1) is 0 Å². The highest BCUT2D eigenvalue weighted by atomic mass is 16.1. The fourth-order valence-electron chi connectivity index (χ4n) is 0.904. The Morgan fingerprint density at radius 1 is 1.50 bits per heavy atom. The van der Waals surface area contributed by atoms with Crippen LogP contribution in [-0.2, 0) is 4.79 Å². The average molecular weight is 143 g/mol. The Balaban J connectivity index is 3.29. The van der Waals surface area contributed by atoms with Crippen molar-refractivity contribution in [2.45, 2.75) is 39.2 Å². The van der Waals surface area contributed by atoms with Gasteiger partial charge in [-0.3, -0.25) is 0 Å². The zero-order valence-corrected chi connectivity index (χ0v) is 6.89. The zero-order valence-electron chi connectivity index (χ0n) is 6.89. The van der Waals surface area contributed by atoms with Gasteiger partial charge in [-0.2, -0.15) is 0 Å². The summed E-state index contributed by atoms with van der Waals surface area (Å²) in [6.45, 7) is 5.03. The first-order valence-electron chi connectivity index (χ1n) is 4.03. The first-order valence-corrected chi connectivity index (χ1v) is 4.03. The summed E-state index contributed by atoms with van der Waals surface area (Å²) in [6.07, 6.45) is 4.28. The van der Waals surface area contributed by atoms with Crippen LogP contribution in [0.25, 0.3) is 0 Å². The fraction of sp³-hybridized carbons (Fsp3) is 0.875. The Morgan fingerprint density at radius 3 is 2.60 bits per heavy atom. The van der Waals surface area contributed by atoms with Gasteiger partial charge in [0.25, 0.3) is 0 Å². The molecule has 0 spiro atoms. The summed E-state index contributed by atoms with van der Waals surface area (Å²) in [5.74, 6) is 0. The molecule has 0 radical (unpaired) electrons. The third-order valence-electron chi connectivity index (χ3n) is 1.50. The van der Waals surface area contributed by atoms with E-state index in [1.165, 1.54) is 0 Å². The number of hydrogen-bond donors (Lipinski definition) is 1. The molecule has 0 saturated carbocycles. The van der Waals surface area contributed by atoms with E-state index in [0.717, 1.165) is 32.1 Å². The van der Waals surface area contributed by atoms with Crippen LogP contribution in [0.4, 0.5) is 0 Å². The van der Waals surface area contributed by atoms with Gasteiger partial charge >= 0.3 is 0 Å². The lowest BCUT2D eigenvalue weighted by Crippen LogP contribution is -2.29. The molecule has 1 atom stereocenters. The van der Waals surface area contributed by atoms with Crippen LogP contribution in [0.3, 0.4) is 0 Å². The van der Waals surface area contributed by atoms with E-state index < -0.39 is 0 Å². The molecule has 0 heterocycles. The van der Waals surface area contributed by atoms with Gasteiger partial charge in [-0.15, -0.1) is 0 Å². The third kappa shape index (κ3) is 4.50. The molecule has 0 rings (SSSR count). The number of carbonyl (C=O) groups is 1. The molecule has 0 aromatic rings. The van der Waals surface area contributed by atoms with Gasteiger partial charge in [-0.05, 0) is 13.0 Å². The Morgan fingerprint density at radius 2 is 2.20 bits per heavy atom. The Bertz CT molecular complexity index is 83.3.